The predicted octanol–water partition coefficient (Wildman–Crippen LogP) is 2.15. The van der Waals surface area contributed by atoms with Crippen molar-refractivity contribution in [2.45, 2.75) is 12.5 Å². The molecule has 4 rings (SSSR count). The predicted molar refractivity (Wildman–Crippen MR) is 86.2 cm³/mol. The standard InChI is InChI=1S/C18H16N2O4/c21-18-14(8-12-4-2-1-3-5-12)19-15(10-20(18)22)13-6-7-16-17(9-13)24-11-23-16/h1-7,9-10,14,19,22H,8,11H2. The summed E-state index contributed by atoms with van der Waals surface area (Å²) in [6.07, 6.45) is 1.86. The van der Waals surface area contributed by atoms with Crippen molar-refractivity contribution < 1.29 is 19.5 Å². The molecule has 2 aromatic carbocycles. The second kappa shape index (κ2) is 5.90. The highest BCUT2D eigenvalue weighted by molar-refractivity contribution is 5.88. The Kier molecular flexibility index (Phi) is 3.59. The molecule has 24 heavy (non-hydrogen) atoms. The van der Waals surface area contributed by atoms with E-state index in [0.29, 0.717) is 28.7 Å². The molecule has 122 valence electrons. The molecule has 2 aliphatic rings. The molecule has 2 N–H and O–H groups in total. The van der Waals surface area contributed by atoms with E-state index in [1.807, 2.05) is 48.5 Å². The van der Waals surface area contributed by atoms with Gasteiger partial charge < -0.3 is 14.8 Å². The maximum atomic E-state index is 12.2. The number of hydroxylamine groups is 2. The summed E-state index contributed by atoms with van der Waals surface area (Å²) in [6.45, 7) is 0.201. The highest BCUT2D eigenvalue weighted by atomic mass is 16.7. The van der Waals surface area contributed by atoms with E-state index in [-0.39, 0.29) is 12.7 Å². The summed E-state index contributed by atoms with van der Waals surface area (Å²) in [6, 6.07) is 14.6. The molecular weight excluding hydrogens is 308 g/mol. The van der Waals surface area contributed by atoms with Crippen LogP contribution >= 0.6 is 0 Å². The van der Waals surface area contributed by atoms with E-state index in [1.165, 1.54) is 6.20 Å². The zero-order valence-corrected chi connectivity index (χ0v) is 12.8. The van der Waals surface area contributed by atoms with Gasteiger partial charge in [-0.15, -0.1) is 0 Å². The van der Waals surface area contributed by atoms with Crippen LogP contribution in [0.5, 0.6) is 11.5 Å². The largest absolute Gasteiger partial charge is 0.454 e. The molecule has 0 aromatic heterocycles. The minimum Gasteiger partial charge on any atom is -0.454 e. The lowest BCUT2D eigenvalue weighted by molar-refractivity contribution is -0.157. The minimum absolute atomic E-state index is 0.201. The highest BCUT2D eigenvalue weighted by Crippen LogP contribution is 2.34. The van der Waals surface area contributed by atoms with Crippen molar-refractivity contribution in [2.75, 3.05) is 6.79 Å². The normalized spacial score (nSPS) is 19.0. The first-order chi connectivity index (χ1) is 11.7. The van der Waals surface area contributed by atoms with Crippen LogP contribution < -0.4 is 14.8 Å². The lowest BCUT2D eigenvalue weighted by Gasteiger charge is -2.29. The first-order valence-corrected chi connectivity index (χ1v) is 7.65. The molecule has 0 bridgehead atoms. The molecule has 1 unspecified atom stereocenters. The summed E-state index contributed by atoms with van der Waals surface area (Å²) in [7, 11) is 0. The van der Waals surface area contributed by atoms with Crippen LogP contribution in [0.2, 0.25) is 0 Å². The van der Waals surface area contributed by atoms with Crippen molar-refractivity contribution in [3.63, 3.8) is 0 Å². The highest BCUT2D eigenvalue weighted by Gasteiger charge is 2.29. The quantitative estimate of drug-likeness (QED) is 0.847. The Morgan fingerprint density at radius 1 is 1.12 bits per heavy atom. The van der Waals surface area contributed by atoms with Crippen molar-refractivity contribution in [2.24, 2.45) is 0 Å². The molecule has 0 saturated carbocycles. The monoisotopic (exact) mass is 324 g/mol. The first kappa shape index (κ1) is 14.6. The van der Waals surface area contributed by atoms with Crippen molar-refractivity contribution in [3.8, 4) is 11.5 Å². The summed E-state index contributed by atoms with van der Waals surface area (Å²) in [4.78, 5) is 12.2. The van der Waals surface area contributed by atoms with E-state index >= 15 is 0 Å². The number of amides is 1. The maximum Gasteiger partial charge on any atom is 0.272 e. The van der Waals surface area contributed by atoms with Crippen LogP contribution in [0.4, 0.5) is 0 Å². The lowest BCUT2D eigenvalue weighted by Crippen LogP contribution is -2.48. The van der Waals surface area contributed by atoms with Gasteiger partial charge in [-0.25, -0.2) is 0 Å². The van der Waals surface area contributed by atoms with Gasteiger partial charge in [-0.2, -0.15) is 5.06 Å². The van der Waals surface area contributed by atoms with Crippen molar-refractivity contribution in [1.82, 2.24) is 10.4 Å². The number of fused-ring (bicyclic) bond motifs is 1. The molecule has 0 spiro atoms. The third-order valence-electron chi connectivity index (χ3n) is 4.07. The molecule has 1 amide bonds. The maximum absolute atomic E-state index is 12.2. The van der Waals surface area contributed by atoms with Crippen LogP contribution in [-0.4, -0.2) is 29.0 Å². The zero-order chi connectivity index (χ0) is 16.5. The van der Waals surface area contributed by atoms with E-state index in [2.05, 4.69) is 5.32 Å². The Morgan fingerprint density at radius 2 is 1.92 bits per heavy atom. The van der Waals surface area contributed by atoms with Crippen LogP contribution in [0.3, 0.4) is 0 Å². The molecular formula is C18H16N2O4. The van der Waals surface area contributed by atoms with E-state index in [0.717, 1.165) is 11.1 Å². The number of nitrogens with zero attached hydrogens (tertiary/aromatic N) is 1. The fourth-order valence-corrected chi connectivity index (χ4v) is 2.84. The molecule has 2 aromatic rings. The molecule has 0 aliphatic carbocycles. The summed E-state index contributed by atoms with van der Waals surface area (Å²) < 4.78 is 10.7. The Hall–Kier alpha value is -2.99. The zero-order valence-electron chi connectivity index (χ0n) is 12.8. The summed E-state index contributed by atoms with van der Waals surface area (Å²) in [5.74, 6) is 0.951. The SMILES string of the molecule is O=C1C(Cc2ccccc2)NC(c2ccc3c(c2)OCO3)=CN1O. The molecule has 2 heterocycles. The average Bonchev–Trinajstić information content (AvgIpc) is 3.07. The second-order valence-corrected chi connectivity index (χ2v) is 5.68. The van der Waals surface area contributed by atoms with E-state index in [9.17, 15) is 10.0 Å². The van der Waals surface area contributed by atoms with Gasteiger partial charge in [0.2, 0.25) is 6.79 Å². The third-order valence-corrected chi connectivity index (χ3v) is 4.07. The number of rotatable bonds is 3. The van der Waals surface area contributed by atoms with Gasteiger partial charge in [0.05, 0.1) is 11.9 Å². The summed E-state index contributed by atoms with van der Waals surface area (Å²) in [5.41, 5.74) is 2.48. The smallest absolute Gasteiger partial charge is 0.272 e. The van der Waals surface area contributed by atoms with Crippen molar-refractivity contribution >= 4 is 11.6 Å². The molecule has 0 saturated heterocycles. The van der Waals surface area contributed by atoms with Gasteiger partial charge in [0.15, 0.2) is 11.5 Å². The third kappa shape index (κ3) is 2.68. The van der Waals surface area contributed by atoms with E-state index in [1.54, 1.807) is 0 Å². The molecule has 0 fully saturated rings. The number of hydrogen-bond donors (Lipinski definition) is 2. The number of ether oxygens (including phenoxy) is 2. The second-order valence-electron chi connectivity index (χ2n) is 5.68. The molecule has 6 nitrogen and oxygen atoms in total. The average molecular weight is 324 g/mol. The summed E-state index contributed by atoms with van der Waals surface area (Å²) >= 11 is 0. The van der Waals surface area contributed by atoms with Crippen LogP contribution in [-0.2, 0) is 11.2 Å². The van der Waals surface area contributed by atoms with Crippen molar-refractivity contribution in [3.05, 3.63) is 65.9 Å². The Balaban J connectivity index is 1.60. The van der Waals surface area contributed by atoms with Crippen molar-refractivity contribution in [1.29, 1.82) is 0 Å². The molecule has 2 aliphatic heterocycles. The minimum atomic E-state index is -0.539. The Labute approximate surface area is 138 Å². The fourth-order valence-electron chi connectivity index (χ4n) is 2.84. The molecule has 6 heteroatoms. The van der Waals surface area contributed by atoms with Gasteiger partial charge in [-0.3, -0.25) is 10.0 Å². The number of carbonyl (C=O) groups is 1. The lowest BCUT2D eigenvalue weighted by atomic mass is 10.0. The number of benzene rings is 2. The number of carbonyl (C=O) groups excluding carboxylic acids is 1. The van der Waals surface area contributed by atoms with Crippen LogP contribution in [0, 0.1) is 0 Å². The first-order valence-electron chi connectivity index (χ1n) is 7.65. The van der Waals surface area contributed by atoms with Gasteiger partial charge in [0.1, 0.15) is 6.04 Å². The van der Waals surface area contributed by atoms with Gasteiger partial charge in [-0.1, -0.05) is 30.3 Å². The van der Waals surface area contributed by atoms with Crippen LogP contribution in [0.15, 0.2) is 54.7 Å². The number of hydrogen-bond acceptors (Lipinski definition) is 5. The number of nitrogens with one attached hydrogen (secondary N) is 1. The summed E-state index contributed by atoms with van der Waals surface area (Å²) in [5, 5.41) is 13.8. The van der Waals surface area contributed by atoms with Crippen LogP contribution in [0.25, 0.3) is 5.70 Å². The van der Waals surface area contributed by atoms with Gasteiger partial charge in [-0.05, 0) is 23.8 Å². The topological polar surface area (TPSA) is 71.0 Å². The fraction of sp³-hybridized carbons (Fsp3) is 0.167. The molecule has 1 atom stereocenters. The Morgan fingerprint density at radius 3 is 2.75 bits per heavy atom. The van der Waals surface area contributed by atoms with Crippen LogP contribution in [0.1, 0.15) is 11.1 Å². The van der Waals surface area contributed by atoms with Gasteiger partial charge in [0.25, 0.3) is 5.91 Å². The van der Waals surface area contributed by atoms with E-state index in [4.69, 9.17) is 9.47 Å². The van der Waals surface area contributed by atoms with Gasteiger partial charge >= 0.3 is 0 Å². The Bertz CT molecular complexity index is 804. The molecule has 0 radical (unpaired) electrons. The van der Waals surface area contributed by atoms with Gasteiger partial charge in [0, 0.05) is 12.0 Å². The van der Waals surface area contributed by atoms with E-state index < -0.39 is 6.04 Å².